The van der Waals surface area contributed by atoms with Gasteiger partial charge in [0.25, 0.3) is 0 Å². The Morgan fingerprint density at radius 3 is 2.87 bits per heavy atom. The molecule has 2 saturated carbocycles. The average Bonchev–Trinajstić information content (AvgIpc) is 2.94. The molecule has 128 valence electrons. The van der Waals surface area contributed by atoms with Crippen LogP contribution in [-0.2, 0) is 4.74 Å². The SMILES string of the molecule is C[C@@]12CCC[C@H]1[C@@H]1CC=C3C=C(OCCO)CC[C@]3(C)[C@H]1CC2. The van der Waals surface area contributed by atoms with E-state index in [-0.39, 0.29) is 6.61 Å². The van der Waals surface area contributed by atoms with Gasteiger partial charge in [-0.25, -0.2) is 0 Å². The minimum Gasteiger partial charge on any atom is -0.496 e. The molecule has 4 aliphatic rings. The minimum absolute atomic E-state index is 0.110. The highest BCUT2D eigenvalue weighted by Crippen LogP contribution is 2.64. The summed E-state index contributed by atoms with van der Waals surface area (Å²) in [5.74, 6) is 3.84. The van der Waals surface area contributed by atoms with Gasteiger partial charge in [0.15, 0.2) is 0 Å². The molecule has 0 heterocycles. The highest BCUT2D eigenvalue weighted by molar-refractivity contribution is 5.35. The van der Waals surface area contributed by atoms with Crippen LogP contribution in [0.5, 0.6) is 0 Å². The van der Waals surface area contributed by atoms with Crippen LogP contribution in [0.15, 0.2) is 23.5 Å². The zero-order valence-electron chi connectivity index (χ0n) is 14.8. The van der Waals surface area contributed by atoms with Crippen molar-refractivity contribution < 1.29 is 9.84 Å². The zero-order chi connectivity index (χ0) is 16.1. The molecule has 0 radical (unpaired) electrons. The molecule has 23 heavy (non-hydrogen) atoms. The summed E-state index contributed by atoms with van der Waals surface area (Å²) in [6.07, 6.45) is 15.6. The van der Waals surface area contributed by atoms with E-state index in [9.17, 15) is 0 Å². The summed E-state index contributed by atoms with van der Waals surface area (Å²) in [6, 6.07) is 0. The van der Waals surface area contributed by atoms with Crippen LogP contribution < -0.4 is 0 Å². The number of aliphatic hydroxyl groups excluding tert-OH is 1. The average molecular weight is 316 g/mol. The van der Waals surface area contributed by atoms with E-state index in [1.54, 1.807) is 0 Å². The highest BCUT2D eigenvalue weighted by atomic mass is 16.5. The molecule has 2 fully saturated rings. The number of hydrogen-bond acceptors (Lipinski definition) is 2. The number of allylic oxidation sites excluding steroid dienone is 4. The predicted molar refractivity (Wildman–Crippen MR) is 92.8 cm³/mol. The van der Waals surface area contributed by atoms with Crippen LogP contribution in [0.2, 0.25) is 0 Å². The second kappa shape index (κ2) is 5.65. The van der Waals surface area contributed by atoms with Crippen molar-refractivity contribution in [2.24, 2.45) is 28.6 Å². The Balaban J connectivity index is 1.61. The zero-order valence-corrected chi connectivity index (χ0v) is 14.8. The van der Waals surface area contributed by atoms with Crippen molar-refractivity contribution in [2.45, 2.75) is 65.2 Å². The molecule has 1 N–H and O–H groups in total. The third-order valence-electron chi connectivity index (χ3n) is 7.89. The largest absolute Gasteiger partial charge is 0.496 e. The van der Waals surface area contributed by atoms with Crippen molar-refractivity contribution in [3.8, 4) is 0 Å². The van der Waals surface area contributed by atoms with Crippen molar-refractivity contribution in [2.75, 3.05) is 13.2 Å². The standard InChI is InChI=1S/C21H32O2/c1-20-9-3-4-18(20)17-6-5-15-14-16(23-13-12-22)7-11-21(15,2)19(17)8-10-20/h5,14,17-19,22H,3-4,6-13H2,1-2H3/t17-,18-,19-,20-,21-/m0/s1. The first-order valence-corrected chi connectivity index (χ1v) is 9.72. The Hall–Kier alpha value is -0.760. The van der Waals surface area contributed by atoms with Crippen LogP contribution in [-0.4, -0.2) is 18.3 Å². The van der Waals surface area contributed by atoms with E-state index < -0.39 is 0 Å². The molecule has 4 aliphatic carbocycles. The monoisotopic (exact) mass is 316 g/mol. The van der Waals surface area contributed by atoms with Gasteiger partial charge in [-0.2, -0.15) is 0 Å². The Kier molecular flexibility index (Phi) is 3.87. The van der Waals surface area contributed by atoms with E-state index in [1.165, 1.54) is 50.5 Å². The normalized spacial score (nSPS) is 45.4. The second-order valence-corrected chi connectivity index (χ2v) is 8.96. The lowest BCUT2D eigenvalue weighted by Crippen LogP contribution is -2.47. The Morgan fingerprint density at radius 1 is 1.17 bits per heavy atom. The molecule has 2 heteroatoms. The molecule has 0 amide bonds. The molecule has 0 bridgehead atoms. The van der Waals surface area contributed by atoms with E-state index in [0.717, 1.165) is 29.9 Å². The van der Waals surface area contributed by atoms with Crippen LogP contribution >= 0.6 is 0 Å². The summed E-state index contributed by atoms with van der Waals surface area (Å²) >= 11 is 0. The maximum absolute atomic E-state index is 8.98. The molecule has 0 aromatic heterocycles. The van der Waals surface area contributed by atoms with Crippen molar-refractivity contribution >= 4 is 0 Å². The van der Waals surface area contributed by atoms with Crippen LogP contribution in [0.3, 0.4) is 0 Å². The molecule has 4 rings (SSSR count). The van der Waals surface area contributed by atoms with Crippen LogP contribution in [0.25, 0.3) is 0 Å². The molecule has 0 spiro atoms. The predicted octanol–water partition coefficient (Wildman–Crippen LogP) is 4.84. The Morgan fingerprint density at radius 2 is 2.04 bits per heavy atom. The van der Waals surface area contributed by atoms with E-state index in [2.05, 4.69) is 26.0 Å². The first kappa shape index (κ1) is 15.7. The summed E-state index contributed by atoms with van der Waals surface area (Å²) < 4.78 is 5.72. The third-order valence-corrected chi connectivity index (χ3v) is 7.89. The summed E-state index contributed by atoms with van der Waals surface area (Å²) in [5.41, 5.74) is 2.53. The fourth-order valence-electron chi connectivity index (χ4n) is 6.58. The van der Waals surface area contributed by atoms with Gasteiger partial charge in [-0.05, 0) is 78.8 Å². The van der Waals surface area contributed by atoms with Crippen LogP contribution in [0, 0.1) is 28.6 Å². The second-order valence-electron chi connectivity index (χ2n) is 8.96. The van der Waals surface area contributed by atoms with Crippen molar-refractivity contribution in [3.05, 3.63) is 23.5 Å². The van der Waals surface area contributed by atoms with Gasteiger partial charge in [-0.3, -0.25) is 0 Å². The van der Waals surface area contributed by atoms with E-state index in [4.69, 9.17) is 9.84 Å². The van der Waals surface area contributed by atoms with E-state index >= 15 is 0 Å². The third kappa shape index (κ3) is 2.40. The number of ether oxygens (including phenoxy) is 1. The number of fused-ring (bicyclic) bond motifs is 5. The van der Waals surface area contributed by atoms with Gasteiger partial charge < -0.3 is 9.84 Å². The molecule has 0 aromatic carbocycles. The molecule has 0 aliphatic heterocycles. The number of hydrogen-bond donors (Lipinski definition) is 1. The van der Waals surface area contributed by atoms with Crippen molar-refractivity contribution in [1.29, 1.82) is 0 Å². The highest BCUT2D eigenvalue weighted by Gasteiger charge is 2.55. The van der Waals surface area contributed by atoms with E-state index in [1.807, 2.05) is 0 Å². The quantitative estimate of drug-likeness (QED) is 0.807. The fraction of sp³-hybridized carbons (Fsp3) is 0.810. The van der Waals surface area contributed by atoms with Gasteiger partial charge in [0.1, 0.15) is 6.61 Å². The molecule has 0 saturated heterocycles. The topological polar surface area (TPSA) is 29.5 Å². The first-order valence-electron chi connectivity index (χ1n) is 9.72. The summed E-state index contributed by atoms with van der Waals surface area (Å²) in [5, 5.41) is 8.98. The lowest BCUT2D eigenvalue weighted by molar-refractivity contribution is -0.0209. The lowest BCUT2D eigenvalue weighted by Gasteiger charge is -2.56. The molecule has 0 aromatic rings. The lowest BCUT2D eigenvalue weighted by atomic mass is 9.49. The Bertz CT molecular complexity index is 534. The van der Waals surface area contributed by atoms with Gasteiger partial charge in [0, 0.05) is 6.42 Å². The van der Waals surface area contributed by atoms with Gasteiger partial charge in [0.05, 0.1) is 12.4 Å². The maximum Gasteiger partial charge on any atom is 0.111 e. The summed E-state index contributed by atoms with van der Waals surface area (Å²) in [6.45, 7) is 5.64. The molecular weight excluding hydrogens is 284 g/mol. The van der Waals surface area contributed by atoms with Crippen molar-refractivity contribution in [1.82, 2.24) is 0 Å². The first-order chi connectivity index (χ1) is 11.1. The van der Waals surface area contributed by atoms with Gasteiger partial charge in [-0.1, -0.05) is 26.3 Å². The maximum atomic E-state index is 8.98. The fourth-order valence-corrected chi connectivity index (χ4v) is 6.58. The summed E-state index contributed by atoms with van der Waals surface area (Å²) in [4.78, 5) is 0. The van der Waals surface area contributed by atoms with Crippen LogP contribution in [0.1, 0.15) is 65.2 Å². The van der Waals surface area contributed by atoms with Crippen molar-refractivity contribution in [3.63, 3.8) is 0 Å². The molecule has 0 unspecified atom stereocenters. The Labute approximate surface area is 141 Å². The van der Waals surface area contributed by atoms with Gasteiger partial charge >= 0.3 is 0 Å². The molecule has 2 nitrogen and oxygen atoms in total. The minimum atomic E-state index is 0.110. The number of rotatable bonds is 3. The molecule has 5 atom stereocenters. The summed E-state index contributed by atoms with van der Waals surface area (Å²) in [7, 11) is 0. The molecular formula is C21H32O2. The van der Waals surface area contributed by atoms with Gasteiger partial charge in [0.2, 0.25) is 0 Å². The number of aliphatic hydroxyl groups is 1. The van der Waals surface area contributed by atoms with E-state index in [0.29, 0.717) is 17.4 Å². The smallest absolute Gasteiger partial charge is 0.111 e. The van der Waals surface area contributed by atoms with Gasteiger partial charge in [-0.15, -0.1) is 0 Å². The van der Waals surface area contributed by atoms with Crippen LogP contribution in [0.4, 0.5) is 0 Å².